The molecule has 0 bridgehead atoms. The van der Waals surface area contributed by atoms with E-state index < -0.39 is 0 Å². The largest absolute Gasteiger partial charge is 0.326 e. The van der Waals surface area contributed by atoms with E-state index in [-0.39, 0.29) is 17.9 Å². The van der Waals surface area contributed by atoms with Crippen molar-refractivity contribution < 1.29 is 4.79 Å². The number of hydrogen-bond donors (Lipinski definition) is 1. The van der Waals surface area contributed by atoms with Crippen molar-refractivity contribution in [3.63, 3.8) is 0 Å². The molecule has 0 saturated carbocycles. The fraction of sp³-hybridized carbons (Fsp3) is 0.273. The summed E-state index contributed by atoms with van der Waals surface area (Å²) in [6.07, 6.45) is 0.249. The number of nitrogens with one attached hydrogen (secondary N) is 1. The Labute approximate surface area is 153 Å². The lowest BCUT2D eigenvalue weighted by Crippen LogP contribution is -2.24. The molecule has 3 aromatic rings. The minimum absolute atomic E-state index is 0.0662. The molecule has 26 heavy (non-hydrogen) atoms. The summed E-state index contributed by atoms with van der Waals surface area (Å²) >= 11 is 0. The van der Waals surface area contributed by atoms with Gasteiger partial charge in [0.1, 0.15) is 0 Å². The summed E-state index contributed by atoms with van der Waals surface area (Å²) in [6, 6.07) is 13.6. The lowest BCUT2D eigenvalue weighted by Gasteiger charge is -2.14. The van der Waals surface area contributed by atoms with Crippen LogP contribution in [0.1, 0.15) is 28.7 Å². The Morgan fingerprint density at radius 3 is 2.35 bits per heavy atom. The van der Waals surface area contributed by atoms with Crippen LogP contribution in [0.25, 0.3) is 10.9 Å². The number of amides is 1. The number of hydrogen-bond acceptors (Lipinski definition) is 2. The van der Waals surface area contributed by atoms with E-state index in [0.717, 1.165) is 38.8 Å². The Bertz CT molecular complexity index is 1030. The summed E-state index contributed by atoms with van der Waals surface area (Å²) in [6.45, 7) is 8.30. The second-order valence-corrected chi connectivity index (χ2v) is 6.96. The summed E-state index contributed by atoms with van der Waals surface area (Å²) in [5, 5.41) is 3.99. The van der Waals surface area contributed by atoms with Crippen molar-refractivity contribution in [2.45, 2.75) is 40.7 Å². The second-order valence-electron chi connectivity index (χ2n) is 6.96. The van der Waals surface area contributed by atoms with Crippen LogP contribution in [-0.4, -0.2) is 10.5 Å². The fourth-order valence-corrected chi connectivity index (χ4v) is 3.49. The second kappa shape index (κ2) is 7.16. The van der Waals surface area contributed by atoms with Gasteiger partial charge in [-0.05, 0) is 62.1 Å². The molecule has 134 valence electrons. The van der Waals surface area contributed by atoms with Crippen molar-refractivity contribution in [3.8, 4) is 0 Å². The molecule has 0 aliphatic heterocycles. The molecule has 2 aromatic carbocycles. The number of pyridine rings is 1. The van der Waals surface area contributed by atoms with E-state index in [2.05, 4.69) is 11.4 Å². The molecule has 4 nitrogen and oxygen atoms in total. The van der Waals surface area contributed by atoms with Crippen molar-refractivity contribution >= 4 is 22.5 Å². The van der Waals surface area contributed by atoms with Gasteiger partial charge in [0, 0.05) is 30.1 Å². The Morgan fingerprint density at radius 1 is 0.962 bits per heavy atom. The van der Waals surface area contributed by atoms with Crippen LogP contribution < -0.4 is 10.9 Å². The average molecular weight is 348 g/mol. The van der Waals surface area contributed by atoms with Gasteiger partial charge < -0.3 is 9.88 Å². The number of nitrogens with zero attached hydrogens (tertiary/aromatic N) is 1. The Morgan fingerprint density at radius 2 is 1.65 bits per heavy atom. The van der Waals surface area contributed by atoms with E-state index >= 15 is 0 Å². The van der Waals surface area contributed by atoms with Gasteiger partial charge in [0.15, 0.2) is 0 Å². The van der Waals surface area contributed by atoms with Gasteiger partial charge >= 0.3 is 0 Å². The highest BCUT2D eigenvalue weighted by atomic mass is 16.1. The van der Waals surface area contributed by atoms with E-state index in [4.69, 9.17) is 0 Å². The summed E-state index contributed by atoms with van der Waals surface area (Å²) < 4.78 is 1.71. The number of rotatable bonds is 4. The minimum atomic E-state index is -0.0933. The van der Waals surface area contributed by atoms with E-state index in [1.165, 1.54) is 0 Å². The normalized spacial score (nSPS) is 10.9. The molecule has 1 aromatic heterocycles. The first-order valence-corrected chi connectivity index (χ1v) is 8.83. The maximum absolute atomic E-state index is 12.5. The van der Waals surface area contributed by atoms with Crippen LogP contribution in [0.4, 0.5) is 5.69 Å². The highest BCUT2D eigenvalue weighted by Gasteiger charge is 2.11. The zero-order valence-electron chi connectivity index (χ0n) is 15.7. The molecule has 1 heterocycles. The van der Waals surface area contributed by atoms with Crippen LogP contribution in [0.3, 0.4) is 0 Å². The number of anilines is 1. The minimum Gasteiger partial charge on any atom is -0.326 e. The van der Waals surface area contributed by atoms with Crippen LogP contribution in [0.15, 0.2) is 47.3 Å². The first kappa shape index (κ1) is 17.9. The number of fused-ring (bicyclic) bond motifs is 1. The zero-order valence-corrected chi connectivity index (χ0v) is 15.7. The average Bonchev–Trinajstić information content (AvgIpc) is 2.54. The first-order chi connectivity index (χ1) is 12.3. The monoisotopic (exact) mass is 348 g/mol. The van der Waals surface area contributed by atoms with Gasteiger partial charge in [-0.3, -0.25) is 9.59 Å². The third kappa shape index (κ3) is 3.69. The van der Waals surface area contributed by atoms with Gasteiger partial charge in [-0.25, -0.2) is 0 Å². The van der Waals surface area contributed by atoms with E-state index in [9.17, 15) is 9.59 Å². The highest BCUT2D eigenvalue weighted by molar-refractivity contribution is 5.91. The molecule has 0 spiro atoms. The smallest absolute Gasteiger partial charge is 0.251 e. The third-order valence-corrected chi connectivity index (χ3v) is 4.61. The summed E-state index contributed by atoms with van der Waals surface area (Å²) in [5.74, 6) is -0.0933. The molecule has 0 fully saturated rings. The molecule has 0 aliphatic carbocycles. The van der Waals surface area contributed by atoms with Gasteiger partial charge in [-0.1, -0.05) is 24.3 Å². The lowest BCUT2D eigenvalue weighted by atomic mass is 10.1. The molecular weight excluding hydrogens is 324 g/mol. The molecule has 0 radical (unpaired) electrons. The van der Waals surface area contributed by atoms with Crippen molar-refractivity contribution in [2.75, 3.05) is 5.32 Å². The topological polar surface area (TPSA) is 51.1 Å². The Kier molecular flexibility index (Phi) is 4.94. The van der Waals surface area contributed by atoms with Gasteiger partial charge in [0.25, 0.3) is 5.56 Å². The molecule has 0 aliphatic rings. The molecule has 0 saturated heterocycles. The lowest BCUT2D eigenvalue weighted by molar-refractivity contribution is -0.116. The maximum Gasteiger partial charge on any atom is 0.251 e. The van der Waals surface area contributed by atoms with Gasteiger partial charge in [-0.15, -0.1) is 0 Å². The molecule has 0 atom stereocenters. The summed E-state index contributed by atoms with van der Waals surface area (Å²) in [5.41, 5.74) is 5.86. The van der Waals surface area contributed by atoms with Crippen LogP contribution in [-0.2, 0) is 11.3 Å². The van der Waals surface area contributed by atoms with Gasteiger partial charge in [0.2, 0.25) is 5.91 Å². The van der Waals surface area contributed by atoms with Crippen molar-refractivity contribution in [1.82, 2.24) is 4.57 Å². The molecule has 1 N–H and O–H groups in total. The Hall–Kier alpha value is -2.88. The number of carbonyl (C=O) groups is 1. The predicted molar refractivity (Wildman–Crippen MR) is 107 cm³/mol. The Balaban J connectivity index is 1.84. The van der Waals surface area contributed by atoms with Gasteiger partial charge in [-0.2, -0.15) is 0 Å². The fourth-order valence-electron chi connectivity index (χ4n) is 3.49. The SMILES string of the molecule is Cc1cc(C)cc(NC(=O)CCn2c(=O)cc(C)c3cccc(C)c32)c1. The summed E-state index contributed by atoms with van der Waals surface area (Å²) in [4.78, 5) is 24.9. The molecule has 4 heteroatoms. The standard InChI is InChI=1S/C22H24N2O2/c1-14-10-15(2)12-18(11-14)23-20(25)8-9-24-21(26)13-17(4)19-7-5-6-16(3)22(19)24/h5-7,10-13H,8-9H2,1-4H3,(H,23,25). The molecular formula is C22H24N2O2. The third-order valence-electron chi connectivity index (χ3n) is 4.61. The number of aromatic nitrogens is 1. The van der Waals surface area contributed by atoms with Crippen LogP contribution in [0, 0.1) is 27.7 Å². The first-order valence-electron chi connectivity index (χ1n) is 8.83. The quantitative estimate of drug-likeness (QED) is 0.766. The van der Waals surface area contributed by atoms with E-state index in [1.807, 2.05) is 58.0 Å². The molecule has 0 unspecified atom stereocenters. The van der Waals surface area contributed by atoms with Crippen LogP contribution >= 0.6 is 0 Å². The maximum atomic E-state index is 12.5. The number of para-hydroxylation sites is 1. The number of carbonyl (C=O) groups excluding carboxylic acids is 1. The number of benzene rings is 2. The summed E-state index contributed by atoms with van der Waals surface area (Å²) in [7, 11) is 0. The van der Waals surface area contributed by atoms with E-state index in [0.29, 0.717) is 6.54 Å². The van der Waals surface area contributed by atoms with Crippen molar-refractivity contribution in [3.05, 3.63) is 75.1 Å². The van der Waals surface area contributed by atoms with E-state index in [1.54, 1.807) is 10.6 Å². The molecule has 3 rings (SSSR count). The highest BCUT2D eigenvalue weighted by Crippen LogP contribution is 2.20. The predicted octanol–water partition coefficient (Wildman–Crippen LogP) is 4.26. The zero-order chi connectivity index (χ0) is 18.8. The van der Waals surface area contributed by atoms with Crippen LogP contribution in [0.5, 0.6) is 0 Å². The number of aryl methyl sites for hydroxylation is 5. The van der Waals surface area contributed by atoms with Gasteiger partial charge in [0.05, 0.1) is 5.52 Å². The van der Waals surface area contributed by atoms with Crippen molar-refractivity contribution in [2.24, 2.45) is 0 Å². The van der Waals surface area contributed by atoms with Crippen molar-refractivity contribution in [1.29, 1.82) is 0 Å². The molecule has 1 amide bonds. The van der Waals surface area contributed by atoms with Crippen LogP contribution in [0.2, 0.25) is 0 Å².